The van der Waals surface area contributed by atoms with Gasteiger partial charge in [-0.25, -0.2) is 4.79 Å². The molecule has 2 atom stereocenters. The zero-order chi connectivity index (χ0) is 13.9. The van der Waals surface area contributed by atoms with Crippen LogP contribution in [0.15, 0.2) is 30.3 Å². The summed E-state index contributed by atoms with van der Waals surface area (Å²) in [4.78, 5) is 25.8. The molecule has 2 aliphatic heterocycles. The van der Waals surface area contributed by atoms with E-state index in [1.54, 1.807) is 0 Å². The van der Waals surface area contributed by atoms with Gasteiger partial charge in [0, 0.05) is 19.6 Å². The van der Waals surface area contributed by atoms with Crippen LogP contribution in [0.3, 0.4) is 0 Å². The molecular formula is C15H19N3O2. The van der Waals surface area contributed by atoms with E-state index in [9.17, 15) is 9.59 Å². The summed E-state index contributed by atoms with van der Waals surface area (Å²) in [5.74, 6) is 0.318. The van der Waals surface area contributed by atoms with Gasteiger partial charge in [-0.2, -0.15) is 0 Å². The highest BCUT2D eigenvalue weighted by Crippen LogP contribution is 2.25. The molecule has 5 heteroatoms. The molecule has 2 N–H and O–H groups in total. The van der Waals surface area contributed by atoms with Crippen LogP contribution in [-0.2, 0) is 11.3 Å². The van der Waals surface area contributed by atoms with Crippen molar-refractivity contribution in [2.24, 2.45) is 11.8 Å². The Bertz CT molecular complexity index is 503. The minimum atomic E-state index is -0.268. The fraction of sp³-hybridized carbons (Fsp3) is 0.467. The lowest BCUT2D eigenvalue weighted by Crippen LogP contribution is -2.58. The van der Waals surface area contributed by atoms with Gasteiger partial charge in [0.2, 0.25) is 5.91 Å². The Kier molecular flexibility index (Phi) is 3.69. The second-order valence-corrected chi connectivity index (χ2v) is 5.55. The summed E-state index contributed by atoms with van der Waals surface area (Å²) in [6, 6.07) is 9.45. The lowest BCUT2D eigenvalue weighted by molar-refractivity contribution is -0.137. The van der Waals surface area contributed by atoms with Crippen molar-refractivity contribution >= 4 is 11.9 Å². The largest absolute Gasteiger partial charge is 0.334 e. The predicted octanol–water partition coefficient (Wildman–Crippen LogP) is 0.964. The second kappa shape index (κ2) is 5.63. The van der Waals surface area contributed by atoms with Crippen LogP contribution in [0.4, 0.5) is 4.79 Å². The molecule has 0 aromatic heterocycles. The summed E-state index contributed by atoms with van der Waals surface area (Å²) in [7, 11) is 0. The summed E-state index contributed by atoms with van der Waals surface area (Å²) < 4.78 is 0. The Hall–Kier alpha value is -1.88. The minimum Gasteiger partial charge on any atom is -0.334 e. The molecule has 2 saturated heterocycles. The molecule has 2 aliphatic rings. The summed E-state index contributed by atoms with van der Waals surface area (Å²) in [6.45, 7) is 2.57. The molecule has 2 unspecified atom stereocenters. The second-order valence-electron chi connectivity index (χ2n) is 5.55. The van der Waals surface area contributed by atoms with E-state index in [1.165, 1.54) is 4.90 Å². The number of carbonyl (C=O) groups is 2. The van der Waals surface area contributed by atoms with Crippen LogP contribution in [0.1, 0.15) is 12.0 Å². The number of hydrogen-bond donors (Lipinski definition) is 2. The normalized spacial score (nSPS) is 25.4. The number of likely N-dealkylation sites (tertiary alicyclic amines) is 1. The summed E-state index contributed by atoms with van der Waals surface area (Å²) in [6.07, 6.45) is 0.911. The Morgan fingerprint density at radius 3 is 2.90 bits per heavy atom. The molecule has 1 aromatic rings. The molecule has 1 aromatic carbocycles. The van der Waals surface area contributed by atoms with E-state index >= 15 is 0 Å². The van der Waals surface area contributed by atoms with Gasteiger partial charge in [-0.1, -0.05) is 30.3 Å². The molecule has 20 heavy (non-hydrogen) atoms. The maximum atomic E-state index is 12.2. The third-order valence-corrected chi connectivity index (χ3v) is 4.03. The zero-order valence-corrected chi connectivity index (χ0v) is 11.3. The quantitative estimate of drug-likeness (QED) is 0.844. The van der Waals surface area contributed by atoms with Gasteiger partial charge >= 0.3 is 6.03 Å². The number of imide groups is 1. The minimum absolute atomic E-state index is 0.0371. The van der Waals surface area contributed by atoms with Crippen molar-refractivity contribution in [1.82, 2.24) is 15.5 Å². The van der Waals surface area contributed by atoms with Gasteiger partial charge in [0.25, 0.3) is 0 Å². The van der Waals surface area contributed by atoms with E-state index in [1.807, 2.05) is 30.3 Å². The van der Waals surface area contributed by atoms with Gasteiger partial charge in [0.15, 0.2) is 0 Å². The predicted molar refractivity (Wildman–Crippen MR) is 74.9 cm³/mol. The molecule has 2 bridgehead atoms. The van der Waals surface area contributed by atoms with Crippen molar-refractivity contribution in [2.75, 3.05) is 19.6 Å². The number of urea groups is 1. The first kappa shape index (κ1) is 13.1. The summed E-state index contributed by atoms with van der Waals surface area (Å²) in [5.41, 5.74) is 1.03. The third-order valence-electron chi connectivity index (χ3n) is 4.03. The topological polar surface area (TPSA) is 61.4 Å². The number of carbonyl (C=O) groups excluding carboxylic acids is 2. The number of nitrogens with zero attached hydrogens (tertiary/aromatic N) is 1. The Morgan fingerprint density at radius 2 is 2.10 bits per heavy atom. The summed E-state index contributed by atoms with van der Waals surface area (Å²) in [5, 5.41) is 6.09. The van der Waals surface area contributed by atoms with Gasteiger partial charge in [-0.05, 0) is 24.4 Å². The standard InChI is InChI=1S/C15H19N3O2/c19-14-13-6-12(7-16-9-13)10-18(14)15(20)17-8-11-4-2-1-3-5-11/h1-5,12-13,16H,6-10H2,(H,17,20). The smallest absolute Gasteiger partial charge is 0.324 e. The van der Waals surface area contributed by atoms with Crippen LogP contribution in [0, 0.1) is 11.8 Å². The first-order valence-electron chi connectivity index (χ1n) is 7.08. The Labute approximate surface area is 118 Å². The van der Waals surface area contributed by atoms with Gasteiger partial charge in [0.05, 0.1) is 5.92 Å². The third kappa shape index (κ3) is 2.67. The zero-order valence-electron chi connectivity index (χ0n) is 11.3. The molecule has 0 aliphatic carbocycles. The lowest BCUT2D eigenvalue weighted by Gasteiger charge is -2.39. The SMILES string of the molecule is O=C(NCc1ccccc1)N1CC2CNCC(C2)C1=O. The van der Waals surface area contributed by atoms with E-state index in [-0.39, 0.29) is 17.9 Å². The average Bonchev–Trinajstić information content (AvgIpc) is 2.50. The van der Waals surface area contributed by atoms with Gasteiger partial charge in [0.1, 0.15) is 0 Å². The molecule has 0 saturated carbocycles. The van der Waals surface area contributed by atoms with E-state index < -0.39 is 0 Å². The van der Waals surface area contributed by atoms with Crippen molar-refractivity contribution in [3.63, 3.8) is 0 Å². The van der Waals surface area contributed by atoms with Crippen LogP contribution < -0.4 is 10.6 Å². The van der Waals surface area contributed by atoms with E-state index in [2.05, 4.69) is 10.6 Å². The lowest BCUT2D eigenvalue weighted by atomic mass is 9.85. The molecule has 2 heterocycles. The number of piperidine rings is 2. The van der Waals surface area contributed by atoms with E-state index in [4.69, 9.17) is 0 Å². The van der Waals surface area contributed by atoms with Crippen LogP contribution in [-0.4, -0.2) is 36.5 Å². The van der Waals surface area contributed by atoms with E-state index in [0.717, 1.165) is 18.5 Å². The molecular weight excluding hydrogens is 254 g/mol. The number of rotatable bonds is 2. The number of fused-ring (bicyclic) bond motifs is 2. The first-order valence-corrected chi connectivity index (χ1v) is 7.08. The fourth-order valence-corrected chi connectivity index (χ4v) is 2.98. The molecule has 2 fully saturated rings. The Morgan fingerprint density at radius 1 is 1.30 bits per heavy atom. The fourth-order valence-electron chi connectivity index (χ4n) is 2.98. The monoisotopic (exact) mass is 273 g/mol. The average molecular weight is 273 g/mol. The van der Waals surface area contributed by atoms with Gasteiger partial charge < -0.3 is 10.6 Å². The highest BCUT2D eigenvalue weighted by molar-refractivity contribution is 5.96. The first-order chi connectivity index (χ1) is 9.74. The number of benzene rings is 1. The molecule has 106 valence electrons. The molecule has 5 nitrogen and oxygen atoms in total. The van der Waals surface area contributed by atoms with Gasteiger partial charge in [-0.15, -0.1) is 0 Å². The van der Waals surface area contributed by atoms with Crippen LogP contribution >= 0.6 is 0 Å². The Balaban J connectivity index is 1.60. The van der Waals surface area contributed by atoms with Crippen LogP contribution in [0.5, 0.6) is 0 Å². The van der Waals surface area contributed by atoms with Crippen molar-refractivity contribution in [2.45, 2.75) is 13.0 Å². The van der Waals surface area contributed by atoms with E-state index in [0.29, 0.717) is 25.6 Å². The number of hydrogen-bond acceptors (Lipinski definition) is 3. The van der Waals surface area contributed by atoms with Gasteiger partial charge in [-0.3, -0.25) is 9.69 Å². The maximum Gasteiger partial charge on any atom is 0.324 e. The molecule has 3 rings (SSSR count). The maximum absolute atomic E-state index is 12.2. The highest BCUT2D eigenvalue weighted by atomic mass is 16.2. The van der Waals surface area contributed by atoms with Crippen molar-refractivity contribution < 1.29 is 9.59 Å². The molecule has 3 amide bonds. The van der Waals surface area contributed by atoms with Crippen LogP contribution in [0.2, 0.25) is 0 Å². The highest BCUT2D eigenvalue weighted by Gasteiger charge is 2.39. The van der Waals surface area contributed by atoms with Crippen molar-refractivity contribution in [1.29, 1.82) is 0 Å². The molecule has 0 spiro atoms. The molecule has 0 radical (unpaired) electrons. The number of amides is 3. The van der Waals surface area contributed by atoms with Crippen molar-refractivity contribution in [3.8, 4) is 0 Å². The number of nitrogens with one attached hydrogen (secondary N) is 2. The summed E-state index contributed by atoms with van der Waals surface area (Å²) >= 11 is 0. The van der Waals surface area contributed by atoms with Crippen LogP contribution in [0.25, 0.3) is 0 Å². The van der Waals surface area contributed by atoms with Crippen molar-refractivity contribution in [3.05, 3.63) is 35.9 Å².